The molecule has 118 valence electrons. The van der Waals surface area contributed by atoms with Crippen molar-refractivity contribution in [1.29, 1.82) is 0 Å². The highest BCUT2D eigenvalue weighted by Gasteiger charge is 2.14. The average Bonchev–Trinajstić information content (AvgIpc) is 2.96. The monoisotopic (exact) mass is 307 g/mol. The minimum atomic E-state index is -0.311. The molecule has 3 rings (SSSR count). The van der Waals surface area contributed by atoms with Gasteiger partial charge in [-0.3, -0.25) is 0 Å². The summed E-state index contributed by atoms with van der Waals surface area (Å²) in [5.74, 6) is -0.311. The first-order chi connectivity index (χ1) is 10.9. The van der Waals surface area contributed by atoms with Crippen LogP contribution in [0.4, 0.5) is 0 Å². The first-order valence-corrected chi connectivity index (χ1v) is 7.70. The van der Waals surface area contributed by atoms with Gasteiger partial charge in [0.05, 0.1) is 18.2 Å². The van der Waals surface area contributed by atoms with Gasteiger partial charge in [0.1, 0.15) is 0 Å². The number of benzene rings is 2. The van der Waals surface area contributed by atoms with Crippen molar-refractivity contribution in [2.45, 2.75) is 26.2 Å². The van der Waals surface area contributed by atoms with Crippen LogP contribution in [0.2, 0.25) is 0 Å². The Morgan fingerprint density at radius 1 is 1.00 bits per heavy atom. The molecule has 0 saturated heterocycles. The smallest absolute Gasteiger partial charge is 0.337 e. The maximum absolute atomic E-state index is 11.6. The van der Waals surface area contributed by atoms with E-state index >= 15 is 0 Å². The number of ether oxygens (including phenoxy) is 1. The second-order valence-electron chi connectivity index (χ2n) is 6.75. The van der Waals surface area contributed by atoms with Crippen molar-refractivity contribution in [3.63, 3.8) is 0 Å². The molecule has 0 N–H and O–H groups in total. The number of carbonyl (C=O) groups excluding carboxylic acids is 1. The van der Waals surface area contributed by atoms with Gasteiger partial charge in [0, 0.05) is 17.3 Å². The van der Waals surface area contributed by atoms with E-state index in [1.807, 2.05) is 24.4 Å². The molecule has 2 aromatic carbocycles. The standard InChI is InChI=1S/C20H21NO2/c1-20(2,3)16-6-8-17(9-7-16)21-12-11-14-13-15(19(22)23-4)5-10-18(14)21/h5-13H,1-4H3. The predicted octanol–water partition coefficient (Wildman–Crippen LogP) is 4.71. The average molecular weight is 307 g/mol. The number of esters is 1. The van der Waals surface area contributed by atoms with E-state index in [4.69, 9.17) is 4.74 Å². The van der Waals surface area contributed by atoms with Crippen molar-refractivity contribution < 1.29 is 9.53 Å². The summed E-state index contributed by atoms with van der Waals surface area (Å²) in [5.41, 5.74) is 4.21. The van der Waals surface area contributed by atoms with Crippen LogP contribution in [0.3, 0.4) is 0 Å². The fourth-order valence-corrected chi connectivity index (χ4v) is 2.73. The van der Waals surface area contributed by atoms with Crippen LogP contribution in [0.25, 0.3) is 16.6 Å². The molecule has 0 unspecified atom stereocenters. The van der Waals surface area contributed by atoms with E-state index < -0.39 is 0 Å². The van der Waals surface area contributed by atoms with Crippen molar-refractivity contribution >= 4 is 16.9 Å². The molecule has 3 heteroatoms. The number of nitrogens with zero attached hydrogens (tertiary/aromatic N) is 1. The van der Waals surface area contributed by atoms with Gasteiger partial charge >= 0.3 is 5.97 Å². The van der Waals surface area contributed by atoms with Gasteiger partial charge < -0.3 is 9.30 Å². The zero-order valence-electron chi connectivity index (χ0n) is 14.0. The van der Waals surface area contributed by atoms with Gasteiger partial charge in [-0.05, 0) is 47.4 Å². The number of hydrogen-bond acceptors (Lipinski definition) is 2. The molecule has 0 saturated carbocycles. The zero-order chi connectivity index (χ0) is 16.6. The number of aromatic nitrogens is 1. The molecule has 0 radical (unpaired) electrons. The summed E-state index contributed by atoms with van der Waals surface area (Å²) in [6, 6.07) is 16.2. The molecule has 3 nitrogen and oxygen atoms in total. The van der Waals surface area contributed by atoms with Gasteiger partial charge in [0.25, 0.3) is 0 Å². The van der Waals surface area contributed by atoms with Crippen LogP contribution >= 0.6 is 0 Å². The van der Waals surface area contributed by atoms with Gasteiger partial charge in [-0.2, -0.15) is 0 Å². The highest BCUT2D eigenvalue weighted by Crippen LogP contribution is 2.26. The van der Waals surface area contributed by atoms with E-state index in [2.05, 4.69) is 49.6 Å². The molecule has 0 aliphatic heterocycles. The zero-order valence-corrected chi connectivity index (χ0v) is 14.0. The summed E-state index contributed by atoms with van der Waals surface area (Å²) >= 11 is 0. The summed E-state index contributed by atoms with van der Waals surface area (Å²) in [5, 5.41) is 1.02. The normalized spacial score (nSPS) is 11.7. The predicted molar refractivity (Wildman–Crippen MR) is 93.3 cm³/mol. The first kappa shape index (κ1) is 15.3. The molecule has 0 aliphatic carbocycles. The van der Waals surface area contributed by atoms with Crippen molar-refractivity contribution in [2.75, 3.05) is 7.11 Å². The molecular formula is C20H21NO2. The van der Waals surface area contributed by atoms with Crippen LogP contribution in [-0.2, 0) is 10.2 Å². The molecular weight excluding hydrogens is 286 g/mol. The maximum Gasteiger partial charge on any atom is 0.337 e. The summed E-state index contributed by atoms with van der Waals surface area (Å²) in [4.78, 5) is 11.6. The summed E-state index contributed by atoms with van der Waals surface area (Å²) in [6.45, 7) is 6.63. The fraction of sp³-hybridized carbons (Fsp3) is 0.250. The Balaban J connectivity index is 2.02. The van der Waals surface area contributed by atoms with Crippen molar-refractivity contribution in [1.82, 2.24) is 4.57 Å². The van der Waals surface area contributed by atoms with E-state index in [1.165, 1.54) is 12.7 Å². The Labute approximate surface area is 136 Å². The summed E-state index contributed by atoms with van der Waals surface area (Å²) in [6.07, 6.45) is 2.03. The molecule has 0 bridgehead atoms. The third kappa shape index (κ3) is 2.87. The fourth-order valence-electron chi connectivity index (χ4n) is 2.73. The Morgan fingerprint density at radius 3 is 2.30 bits per heavy atom. The van der Waals surface area contributed by atoms with E-state index in [-0.39, 0.29) is 11.4 Å². The minimum Gasteiger partial charge on any atom is -0.465 e. The second-order valence-corrected chi connectivity index (χ2v) is 6.75. The lowest BCUT2D eigenvalue weighted by atomic mass is 9.87. The largest absolute Gasteiger partial charge is 0.465 e. The molecule has 0 atom stereocenters. The summed E-state index contributed by atoms with van der Waals surface area (Å²) in [7, 11) is 1.40. The van der Waals surface area contributed by atoms with E-state index in [1.54, 1.807) is 6.07 Å². The number of rotatable bonds is 2. The molecule has 0 aliphatic rings. The van der Waals surface area contributed by atoms with Gasteiger partial charge in [0.2, 0.25) is 0 Å². The second kappa shape index (κ2) is 5.58. The van der Waals surface area contributed by atoms with Crippen molar-refractivity contribution in [2.24, 2.45) is 0 Å². The quantitative estimate of drug-likeness (QED) is 0.642. The lowest BCUT2D eigenvalue weighted by Gasteiger charge is -2.19. The lowest BCUT2D eigenvalue weighted by molar-refractivity contribution is 0.0601. The number of methoxy groups -OCH3 is 1. The molecule has 1 heterocycles. The van der Waals surface area contributed by atoms with Crippen molar-refractivity contribution in [3.8, 4) is 5.69 Å². The van der Waals surface area contributed by atoms with E-state index in [0.717, 1.165) is 16.6 Å². The van der Waals surface area contributed by atoms with Gasteiger partial charge in [-0.25, -0.2) is 4.79 Å². The molecule has 3 aromatic rings. The summed E-state index contributed by atoms with van der Waals surface area (Å²) < 4.78 is 6.90. The molecule has 0 spiro atoms. The van der Waals surface area contributed by atoms with E-state index in [0.29, 0.717) is 5.56 Å². The van der Waals surface area contributed by atoms with Gasteiger partial charge in [-0.15, -0.1) is 0 Å². The van der Waals surface area contributed by atoms with E-state index in [9.17, 15) is 4.79 Å². The highest BCUT2D eigenvalue weighted by molar-refractivity contribution is 5.95. The number of carbonyl (C=O) groups is 1. The Morgan fingerprint density at radius 2 is 1.70 bits per heavy atom. The van der Waals surface area contributed by atoms with Crippen LogP contribution in [0.5, 0.6) is 0 Å². The van der Waals surface area contributed by atoms with Crippen LogP contribution in [-0.4, -0.2) is 17.6 Å². The third-order valence-electron chi connectivity index (χ3n) is 4.12. The maximum atomic E-state index is 11.6. The van der Waals surface area contributed by atoms with Crippen LogP contribution < -0.4 is 0 Å². The van der Waals surface area contributed by atoms with Gasteiger partial charge in [-0.1, -0.05) is 32.9 Å². The third-order valence-corrected chi connectivity index (χ3v) is 4.12. The van der Waals surface area contributed by atoms with Crippen LogP contribution in [0, 0.1) is 0 Å². The molecule has 0 amide bonds. The molecule has 23 heavy (non-hydrogen) atoms. The topological polar surface area (TPSA) is 31.2 Å². The Hall–Kier alpha value is -2.55. The molecule has 1 aromatic heterocycles. The highest BCUT2D eigenvalue weighted by atomic mass is 16.5. The Bertz CT molecular complexity index is 851. The lowest BCUT2D eigenvalue weighted by Crippen LogP contribution is -2.10. The van der Waals surface area contributed by atoms with Gasteiger partial charge in [0.15, 0.2) is 0 Å². The van der Waals surface area contributed by atoms with Crippen LogP contribution in [0.15, 0.2) is 54.7 Å². The Kier molecular flexibility index (Phi) is 3.72. The number of fused-ring (bicyclic) bond motifs is 1. The number of hydrogen-bond donors (Lipinski definition) is 0. The van der Waals surface area contributed by atoms with Crippen LogP contribution in [0.1, 0.15) is 36.7 Å². The molecule has 0 fully saturated rings. The minimum absolute atomic E-state index is 0.146. The SMILES string of the molecule is COC(=O)c1ccc2c(ccn2-c2ccc(C(C)(C)C)cc2)c1. The van der Waals surface area contributed by atoms with Crippen molar-refractivity contribution in [3.05, 3.63) is 65.9 Å². The first-order valence-electron chi connectivity index (χ1n) is 7.70.